The average molecular weight is 530 g/mol. The maximum atomic E-state index is 12.7. The Hall–Kier alpha value is -2.34. The van der Waals surface area contributed by atoms with Crippen LogP contribution in [0.1, 0.15) is 118 Å². The van der Waals surface area contributed by atoms with E-state index in [0.717, 1.165) is 24.0 Å². The molecule has 0 fully saturated rings. The lowest BCUT2D eigenvalue weighted by molar-refractivity contribution is 0.0696. The molecule has 6 heteroatoms. The van der Waals surface area contributed by atoms with Gasteiger partial charge in [0.05, 0.1) is 17.0 Å². The average Bonchev–Trinajstić information content (AvgIpc) is 2.88. The van der Waals surface area contributed by atoms with Gasteiger partial charge in [-0.2, -0.15) is 0 Å². The van der Waals surface area contributed by atoms with Gasteiger partial charge in [-0.15, -0.1) is 0 Å². The Morgan fingerprint density at radius 3 is 1.89 bits per heavy atom. The molecule has 2 aromatic carbocycles. The summed E-state index contributed by atoms with van der Waals surface area (Å²) in [6, 6.07) is 14.3. The van der Waals surface area contributed by atoms with Gasteiger partial charge in [0.25, 0.3) is 0 Å². The number of carbonyl (C=O) groups is 1. The highest BCUT2D eigenvalue weighted by Gasteiger charge is 2.13. The lowest BCUT2D eigenvalue weighted by atomic mass is 10.0. The molecule has 0 spiro atoms. The van der Waals surface area contributed by atoms with Crippen molar-refractivity contribution < 1.29 is 18.3 Å². The van der Waals surface area contributed by atoms with Crippen molar-refractivity contribution in [3.8, 4) is 0 Å². The highest BCUT2D eigenvalue weighted by molar-refractivity contribution is 7.92. The van der Waals surface area contributed by atoms with Crippen LogP contribution >= 0.6 is 0 Å². The zero-order valence-corrected chi connectivity index (χ0v) is 23.5. The number of nitrogens with one attached hydrogen (secondary N) is 1. The second-order valence-corrected chi connectivity index (χ2v) is 12.0. The van der Waals surface area contributed by atoms with E-state index in [1.165, 1.54) is 70.6 Å². The number of aromatic carboxylic acids is 1. The van der Waals surface area contributed by atoms with Gasteiger partial charge in [0.2, 0.25) is 10.0 Å². The van der Waals surface area contributed by atoms with Crippen molar-refractivity contribution in [2.75, 3.05) is 10.5 Å². The molecule has 0 atom stereocenters. The van der Waals surface area contributed by atoms with Crippen LogP contribution in [0.25, 0.3) is 0 Å². The molecule has 5 nitrogen and oxygen atoms in total. The summed E-state index contributed by atoms with van der Waals surface area (Å²) in [5.41, 5.74) is 2.70. The Balaban J connectivity index is 1.63. The molecule has 2 rings (SSSR count). The number of carboxylic acids is 1. The molecule has 0 heterocycles. The van der Waals surface area contributed by atoms with Crippen LogP contribution < -0.4 is 4.72 Å². The van der Waals surface area contributed by atoms with Crippen LogP contribution in [0.5, 0.6) is 0 Å². The Labute approximate surface area is 225 Å². The summed E-state index contributed by atoms with van der Waals surface area (Å²) in [7, 11) is -3.40. The van der Waals surface area contributed by atoms with E-state index in [1.807, 2.05) is 24.3 Å². The van der Waals surface area contributed by atoms with E-state index in [9.17, 15) is 18.3 Å². The number of aryl methyl sites for hydroxylation is 2. The first-order valence-corrected chi connectivity index (χ1v) is 16.0. The Bertz CT molecular complexity index is 1020. The van der Waals surface area contributed by atoms with Crippen molar-refractivity contribution in [3.05, 3.63) is 65.2 Å². The van der Waals surface area contributed by atoms with Crippen LogP contribution in [0.2, 0.25) is 0 Å². The number of anilines is 1. The Morgan fingerprint density at radius 1 is 0.730 bits per heavy atom. The first-order chi connectivity index (χ1) is 17.9. The summed E-state index contributed by atoms with van der Waals surface area (Å²) in [6.45, 7) is 2.26. The number of rotatable bonds is 21. The van der Waals surface area contributed by atoms with E-state index in [2.05, 4.69) is 11.6 Å². The molecule has 0 amide bonds. The number of unbranched alkanes of at least 4 members (excludes halogenated alkanes) is 13. The third kappa shape index (κ3) is 13.7. The fourth-order valence-electron chi connectivity index (χ4n) is 4.68. The van der Waals surface area contributed by atoms with Crippen molar-refractivity contribution in [2.24, 2.45) is 0 Å². The third-order valence-corrected chi connectivity index (χ3v) is 8.26. The number of sulfonamides is 1. The predicted octanol–water partition coefficient (Wildman–Crippen LogP) is 8.39. The molecule has 0 radical (unpaired) electrons. The van der Waals surface area contributed by atoms with Gasteiger partial charge in [-0.1, -0.05) is 121 Å². The van der Waals surface area contributed by atoms with Crippen LogP contribution in [0.15, 0.2) is 48.5 Å². The number of para-hydroxylation sites is 1. The molecule has 2 N–H and O–H groups in total. The van der Waals surface area contributed by atoms with Crippen molar-refractivity contribution in [1.29, 1.82) is 0 Å². The number of hydrogen-bond donors (Lipinski definition) is 2. The van der Waals surface area contributed by atoms with Crippen LogP contribution in [0, 0.1) is 0 Å². The minimum Gasteiger partial charge on any atom is -0.478 e. The zero-order valence-electron chi connectivity index (χ0n) is 22.7. The first-order valence-electron chi connectivity index (χ1n) is 14.3. The molecule has 206 valence electrons. The molecule has 2 aromatic rings. The van der Waals surface area contributed by atoms with Gasteiger partial charge in [-0.3, -0.25) is 4.72 Å². The van der Waals surface area contributed by atoms with Crippen molar-refractivity contribution in [2.45, 2.75) is 110 Å². The van der Waals surface area contributed by atoms with E-state index in [4.69, 9.17) is 0 Å². The monoisotopic (exact) mass is 529 g/mol. The van der Waals surface area contributed by atoms with Gasteiger partial charge in [-0.05, 0) is 48.6 Å². The summed E-state index contributed by atoms with van der Waals surface area (Å²) in [4.78, 5) is 11.2. The number of hydrogen-bond acceptors (Lipinski definition) is 3. The highest BCUT2D eigenvalue weighted by Crippen LogP contribution is 2.20. The van der Waals surface area contributed by atoms with Gasteiger partial charge >= 0.3 is 5.97 Å². The van der Waals surface area contributed by atoms with E-state index in [-0.39, 0.29) is 11.3 Å². The van der Waals surface area contributed by atoms with E-state index in [1.54, 1.807) is 24.3 Å². The summed E-state index contributed by atoms with van der Waals surface area (Å²) < 4.78 is 28.2. The van der Waals surface area contributed by atoms with E-state index >= 15 is 0 Å². The maximum Gasteiger partial charge on any atom is 0.335 e. The molecule has 0 aromatic heterocycles. The normalized spacial score (nSPS) is 11.5. The molecule has 0 aliphatic carbocycles. The Kier molecular flexibility index (Phi) is 15.0. The molecule has 0 aliphatic heterocycles. The molecule has 0 saturated carbocycles. The second kappa shape index (κ2) is 18.0. The predicted molar refractivity (Wildman–Crippen MR) is 155 cm³/mol. The molecular weight excluding hydrogens is 482 g/mol. The molecule has 0 bridgehead atoms. The minimum atomic E-state index is -3.40. The van der Waals surface area contributed by atoms with Crippen molar-refractivity contribution >= 4 is 21.7 Å². The van der Waals surface area contributed by atoms with Crippen LogP contribution in [-0.2, 0) is 22.9 Å². The van der Waals surface area contributed by atoms with Crippen LogP contribution in [-0.4, -0.2) is 25.2 Å². The van der Waals surface area contributed by atoms with E-state index < -0.39 is 16.0 Å². The maximum absolute atomic E-state index is 12.7. The molecule has 0 aliphatic rings. The Morgan fingerprint density at radius 2 is 1.30 bits per heavy atom. The van der Waals surface area contributed by atoms with Gasteiger partial charge in [0.1, 0.15) is 0 Å². The van der Waals surface area contributed by atoms with Gasteiger partial charge in [0.15, 0.2) is 0 Å². The van der Waals surface area contributed by atoms with Gasteiger partial charge in [-0.25, -0.2) is 13.2 Å². The fourth-order valence-corrected chi connectivity index (χ4v) is 5.90. The second-order valence-electron chi connectivity index (χ2n) is 10.2. The zero-order chi connectivity index (χ0) is 26.8. The fraction of sp³-hybridized carbons (Fsp3) is 0.581. The minimum absolute atomic E-state index is 0.139. The lowest BCUT2D eigenvalue weighted by Gasteiger charge is -2.13. The highest BCUT2D eigenvalue weighted by atomic mass is 32.2. The standard InChI is InChI=1S/C31H47NO4S/c1-2-3-4-5-6-7-8-9-10-11-12-13-14-17-25-37(35,36)32-30-22-16-15-20-28(30)24-23-27-19-18-21-29(26-27)31(33)34/h15-16,18-22,26,32H,2-14,17,23-25H2,1H3,(H,33,34). The summed E-state index contributed by atoms with van der Waals surface area (Å²) >= 11 is 0. The van der Waals surface area contributed by atoms with Gasteiger partial charge < -0.3 is 5.11 Å². The first kappa shape index (κ1) is 30.9. The smallest absolute Gasteiger partial charge is 0.335 e. The van der Waals surface area contributed by atoms with Crippen molar-refractivity contribution in [3.63, 3.8) is 0 Å². The third-order valence-electron chi connectivity index (χ3n) is 6.91. The van der Waals surface area contributed by atoms with Crippen molar-refractivity contribution in [1.82, 2.24) is 0 Å². The molecule has 0 saturated heterocycles. The van der Waals surface area contributed by atoms with Crippen LogP contribution in [0.4, 0.5) is 5.69 Å². The summed E-state index contributed by atoms with van der Waals surface area (Å²) in [6.07, 6.45) is 18.6. The number of carboxylic acid groups (broad SMARTS) is 1. The summed E-state index contributed by atoms with van der Waals surface area (Å²) in [5.74, 6) is -0.807. The molecule has 0 unspecified atom stereocenters. The quantitative estimate of drug-likeness (QED) is 0.159. The number of benzene rings is 2. The lowest BCUT2D eigenvalue weighted by Crippen LogP contribution is -2.17. The molecule has 37 heavy (non-hydrogen) atoms. The van der Waals surface area contributed by atoms with Gasteiger partial charge in [0, 0.05) is 0 Å². The largest absolute Gasteiger partial charge is 0.478 e. The van der Waals surface area contributed by atoms with E-state index in [0.29, 0.717) is 24.9 Å². The molecular formula is C31H47NO4S. The van der Waals surface area contributed by atoms with Crippen LogP contribution in [0.3, 0.4) is 0 Å². The summed E-state index contributed by atoms with van der Waals surface area (Å²) in [5, 5.41) is 9.19. The topological polar surface area (TPSA) is 83.5 Å². The SMILES string of the molecule is CCCCCCCCCCCCCCCCS(=O)(=O)Nc1ccccc1CCc1cccc(C(=O)O)c1.